The Morgan fingerprint density at radius 3 is 2.52 bits per heavy atom. The highest BCUT2D eigenvalue weighted by Gasteiger charge is 2.35. The van der Waals surface area contributed by atoms with E-state index in [1.54, 1.807) is 31.2 Å². The van der Waals surface area contributed by atoms with E-state index in [2.05, 4.69) is 27.1 Å². The van der Waals surface area contributed by atoms with Crippen molar-refractivity contribution < 1.29 is 17.6 Å². The number of halogens is 4. The molecular formula is C22H23F4N5. The lowest BCUT2D eigenvalue weighted by atomic mass is 10.0. The molecule has 0 aliphatic carbocycles. The Hall–Kier alpha value is -3.20. The number of benzene rings is 1. The van der Waals surface area contributed by atoms with E-state index in [0.29, 0.717) is 41.8 Å². The summed E-state index contributed by atoms with van der Waals surface area (Å²) in [5, 5.41) is 10.6. The summed E-state index contributed by atoms with van der Waals surface area (Å²) in [6.45, 7) is 5.61. The number of hydrogen-bond acceptors (Lipinski definition) is 4. The molecule has 0 spiro atoms. The van der Waals surface area contributed by atoms with E-state index in [1.165, 1.54) is 6.07 Å². The van der Waals surface area contributed by atoms with Gasteiger partial charge in [0, 0.05) is 40.8 Å². The monoisotopic (exact) mass is 433 g/mol. The molecule has 5 nitrogen and oxygen atoms in total. The van der Waals surface area contributed by atoms with E-state index >= 15 is 0 Å². The Morgan fingerprint density at radius 1 is 1.19 bits per heavy atom. The van der Waals surface area contributed by atoms with Gasteiger partial charge in [-0.05, 0) is 39.2 Å². The van der Waals surface area contributed by atoms with Crippen molar-refractivity contribution >= 4 is 22.0 Å². The number of anilines is 1. The molecule has 0 fully saturated rings. The fraction of sp³-hybridized carbons (Fsp3) is 0.273. The van der Waals surface area contributed by atoms with Crippen LogP contribution in [-0.2, 0) is 0 Å². The SMILES string of the molecule is C=C(c1nc(-c2cc(C)[nH]n2)cc2c(N/C(=C\F)CCN(C)C)cccc12)C(F)(F)F. The number of nitrogens with one attached hydrogen (secondary N) is 2. The standard InChI is InChI=1S/C22H23F4N5/c1-13-10-20(30-29-13)19-11-17-16(21(28-19)14(2)22(24,25)26)6-5-7-18(17)27-15(12-23)8-9-31(3)4/h5-7,10-12,27H,2,8-9H2,1,3-4H3,(H,29,30)/b15-12-. The lowest BCUT2D eigenvalue weighted by Crippen LogP contribution is -2.15. The van der Waals surface area contributed by atoms with Crippen LogP contribution in [0.4, 0.5) is 23.2 Å². The van der Waals surface area contributed by atoms with Crippen LogP contribution in [0, 0.1) is 6.92 Å². The molecule has 1 aromatic carbocycles. The highest BCUT2D eigenvalue weighted by Crippen LogP contribution is 2.38. The third-order valence-electron chi connectivity index (χ3n) is 4.73. The number of hydrogen-bond donors (Lipinski definition) is 2. The number of alkyl halides is 3. The van der Waals surface area contributed by atoms with E-state index < -0.39 is 11.7 Å². The van der Waals surface area contributed by atoms with Crippen molar-refractivity contribution in [2.45, 2.75) is 19.5 Å². The first kappa shape index (κ1) is 22.5. The molecule has 0 aliphatic rings. The highest BCUT2D eigenvalue weighted by molar-refractivity contribution is 6.02. The fourth-order valence-corrected chi connectivity index (χ4v) is 3.09. The van der Waals surface area contributed by atoms with Gasteiger partial charge < -0.3 is 10.2 Å². The average Bonchev–Trinajstić information content (AvgIpc) is 3.15. The van der Waals surface area contributed by atoms with Crippen LogP contribution < -0.4 is 5.32 Å². The summed E-state index contributed by atoms with van der Waals surface area (Å²) in [6, 6.07) is 8.15. The summed E-state index contributed by atoms with van der Waals surface area (Å²) in [5.41, 5.74) is 0.829. The van der Waals surface area contributed by atoms with E-state index in [9.17, 15) is 17.6 Å². The number of nitrogens with zero attached hydrogens (tertiary/aromatic N) is 3. The van der Waals surface area contributed by atoms with Crippen LogP contribution in [0.2, 0.25) is 0 Å². The second kappa shape index (κ2) is 8.89. The Bertz CT molecular complexity index is 1130. The minimum Gasteiger partial charge on any atom is -0.356 e. The number of pyridine rings is 1. The number of aromatic nitrogens is 3. The topological polar surface area (TPSA) is 56.8 Å². The van der Waals surface area contributed by atoms with Crippen LogP contribution in [-0.4, -0.2) is 46.9 Å². The quantitative estimate of drug-likeness (QED) is 0.471. The zero-order valence-electron chi connectivity index (χ0n) is 17.4. The van der Waals surface area contributed by atoms with Gasteiger partial charge in [0.1, 0.15) is 12.0 Å². The molecule has 9 heteroatoms. The zero-order chi connectivity index (χ0) is 22.8. The molecule has 0 saturated heterocycles. The molecule has 0 atom stereocenters. The molecule has 3 aromatic rings. The van der Waals surface area contributed by atoms with Gasteiger partial charge >= 0.3 is 6.18 Å². The van der Waals surface area contributed by atoms with Gasteiger partial charge in [0.2, 0.25) is 0 Å². The van der Waals surface area contributed by atoms with Crippen LogP contribution in [0.5, 0.6) is 0 Å². The smallest absolute Gasteiger partial charge is 0.356 e. The van der Waals surface area contributed by atoms with Crippen LogP contribution in [0.1, 0.15) is 17.8 Å². The Balaban J connectivity index is 2.18. The van der Waals surface area contributed by atoms with Crippen molar-refractivity contribution in [3.63, 3.8) is 0 Å². The normalized spacial score (nSPS) is 12.6. The van der Waals surface area contributed by atoms with Crippen molar-refractivity contribution in [1.82, 2.24) is 20.1 Å². The number of aryl methyl sites for hydroxylation is 1. The third-order valence-corrected chi connectivity index (χ3v) is 4.73. The Morgan fingerprint density at radius 2 is 1.94 bits per heavy atom. The molecule has 2 aromatic heterocycles. The number of allylic oxidation sites excluding steroid dienone is 1. The summed E-state index contributed by atoms with van der Waals surface area (Å²) in [4.78, 5) is 6.13. The second-order valence-electron chi connectivity index (χ2n) is 7.48. The first-order valence-corrected chi connectivity index (χ1v) is 9.53. The molecule has 0 unspecified atom stereocenters. The van der Waals surface area contributed by atoms with E-state index in [1.807, 2.05) is 19.0 Å². The lowest BCUT2D eigenvalue weighted by molar-refractivity contribution is -0.0688. The molecule has 31 heavy (non-hydrogen) atoms. The Labute approximate surface area is 177 Å². The predicted molar refractivity (Wildman–Crippen MR) is 115 cm³/mol. The maximum atomic E-state index is 13.5. The minimum absolute atomic E-state index is 0.255. The van der Waals surface area contributed by atoms with Gasteiger partial charge in [-0.3, -0.25) is 5.10 Å². The molecule has 0 aliphatic heterocycles. The van der Waals surface area contributed by atoms with Crippen molar-refractivity contribution in [1.29, 1.82) is 0 Å². The molecule has 164 valence electrons. The van der Waals surface area contributed by atoms with Crippen LogP contribution in [0.3, 0.4) is 0 Å². The summed E-state index contributed by atoms with van der Waals surface area (Å²) < 4.78 is 54.0. The average molecular weight is 433 g/mol. The molecule has 0 saturated carbocycles. The maximum Gasteiger partial charge on any atom is 0.417 e. The van der Waals surface area contributed by atoms with E-state index in [0.717, 1.165) is 5.69 Å². The van der Waals surface area contributed by atoms with Gasteiger partial charge in [0.25, 0.3) is 0 Å². The van der Waals surface area contributed by atoms with Crippen molar-refractivity contribution in [2.24, 2.45) is 0 Å². The van der Waals surface area contributed by atoms with Crippen LogP contribution >= 0.6 is 0 Å². The fourth-order valence-electron chi connectivity index (χ4n) is 3.09. The van der Waals surface area contributed by atoms with Gasteiger partial charge in [-0.15, -0.1) is 0 Å². The van der Waals surface area contributed by atoms with E-state index in [4.69, 9.17) is 0 Å². The van der Waals surface area contributed by atoms with E-state index in [-0.39, 0.29) is 16.8 Å². The largest absolute Gasteiger partial charge is 0.417 e. The molecule has 3 rings (SSSR count). The summed E-state index contributed by atoms with van der Waals surface area (Å²) in [7, 11) is 3.74. The third kappa shape index (κ3) is 5.11. The summed E-state index contributed by atoms with van der Waals surface area (Å²) in [6.07, 6.45) is -3.78. The molecule has 0 amide bonds. The van der Waals surface area contributed by atoms with Gasteiger partial charge in [-0.25, -0.2) is 9.37 Å². The summed E-state index contributed by atoms with van der Waals surface area (Å²) in [5.74, 6) is 0. The maximum absolute atomic E-state index is 13.5. The highest BCUT2D eigenvalue weighted by atomic mass is 19.4. The van der Waals surface area contributed by atoms with Gasteiger partial charge in [0.15, 0.2) is 0 Å². The molecular weight excluding hydrogens is 410 g/mol. The van der Waals surface area contributed by atoms with Crippen LogP contribution in [0.25, 0.3) is 27.7 Å². The lowest BCUT2D eigenvalue weighted by Gasteiger charge is -2.17. The van der Waals surface area contributed by atoms with Crippen molar-refractivity contribution in [2.75, 3.05) is 26.0 Å². The first-order chi connectivity index (χ1) is 14.6. The minimum atomic E-state index is -4.65. The Kier molecular flexibility index (Phi) is 6.45. The number of rotatable bonds is 7. The van der Waals surface area contributed by atoms with Gasteiger partial charge in [0.05, 0.1) is 17.0 Å². The molecule has 2 N–H and O–H groups in total. The van der Waals surface area contributed by atoms with Crippen LogP contribution in [0.15, 0.2) is 48.9 Å². The predicted octanol–water partition coefficient (Wildman–Crippen LogP) is 5.68. The van der Waals surface area contributed by atoms with Gasteiger partial charge in [-0.2, -0.15) is 18.3 Å². The molecule has 0 radical (unpaired) electrons. The van der Waals surface area contributed by atoms with Crippen molar-refractivity contribution in [3.8, 4) is 11.4 Å². The van der Waals surface area contributed by atoms with Crippen molar-refractivity contribution in [3.05, 3.63) is 60.3 Å². The second-order valence-corrected chi connectivity index (χ2v) is 7.48. The zero-order valence-corrected chi connectivity index (χ0v) is 17.4. The number of fused-ring (bicyclic) bond motifs is 1. The molecule has 2 heterocycles. The first-order valence-electron chi connectivity index (χ1n) is 9.53. The summed E-state index contributed by atoms with van der Waals surface area (Å²) >= 11 is 0. The molecule has 0 bridgehead atoms. The van der Waals surface area contributed by atoms with Gasteiger partial charge in [-0.1, -0.05) is 18.7 Å². The number of aromatic amines is 1. The number of H-pyrrole nitrogens is 1.